The molecule has 0 saturated carbocycles. The molecule has 0 bridgehead atoms. The zero-order chi connectivity index (χ0) is 29.5. The molecule has 1 atom stereocenters. The minimum atomic E-state index is -3.08. The molecular weight excluding hydrogens is 316 g/mol. The van der Waals surface area contributed by atoms with Crippen molar-refractivity contribution in [2.45, 2.75) is 38.6 Å². The van der Waals surface area contributed by atoms with Crippen molar-refractivity contribution in [3.05, 3.63) is 53.4 Å². The molecule has 4 heteroatoms. The van der Waals surface area contributed by atoms with Crippen LogP contribution in [-0.2, 0) is 6.37 Å². The van der Waals surface area contributed by atoms with Gasteiger partial charge in [-0.25, -0.2) is 0 Å². The Morgan fingerprint density at radius 1 is 1.12 bits per heavy atom. The molecule has 0 aromatic heterocycles. The quantitative estimate of drug-likeness (QED) is 0.693. The summed E-state index contributed by atoms with van der Waals surface area (Å²) >= 11 is 0. The molecule has 1 unspecified atom stereocenters. The summed E-state index contributed by atoms with van der Waals surface area (Å²) < 4.78 is 121. The maximum atomic E-state index is 10.5. The molecular formula is C21H28O4. The minimum Gasteiger partial charge on any atom is -0.493 e. The van der Waals surface area contributed by atoms with Crippen LogP contribution in [-0.4, -0.2) is 32.0 Å². The van der Waals surface area contributed by atoms with E-state index in [0.29, 0.717) is 0 Å². The highest BCUT2D eigenvalue weighted by molar-refractivity contribution is 5.42. The summed E-state index contributed by atoms with van der Waals surface area (Å²) in [6, 6.07) is -4.40. The highest BCUT2D eigenvalue weighted by atomic mass is 16.5. The lowest BCUT2D eigenvalue weighted by Gasteiger charge is -2.13. The van der Waals surface area contributed by atoms with Crippen LogP contribution in [0.1, 0.15) is 48.2 Å². The predicted molar refractivity (Wildman–Crippen MR) is 99.8 cm³/mol. The summed E-state index contributed by atoms with van der Waals surface area (Å²) in [7, 11) is 2.30. The van der Waals surface area contributed by atoms with E-state index < -0.39 is 91.9 Å². The normalized spacial score (nSPS) is 21.0. The fourth-order valence-corrected chi connectivity index (χ4v) is 1.74. The third-order valence-electron chi connectivity index (χ3n) is 2.93. The van der Waals surface area contributed by atoms with Gasteiger partial charge in [-0.05, 0) is 61.4 Å². The SMILES string of the molecule is [2H]c1c([2H])c(C)c([2H])c(OC([2H])([2H])C(O)CCC([2H])([2H])C([2H])([2H])c2c([2H])c([2H])c(OC)c(OC)c2[2H])c1[2H]. The Labute approximate surface area is 168 Å². The van der Waals surface area contributed by atoms with Crippen LogP contribution in [0.3, 0.4) is 0 Å². The third kappa shape index (κ3) is 6.31. The fourth-order valence-electron chi connectivity index (χ4n) is 1.74. The first-order valence-corrected chi connectivity index (χ1v) is 7.44. The van der Waals surface area contributed by atoms with E-state index in [1.807, 2.05) is 0 Å². The van der Waals surface area contributed by atoms with Crippen molar-refractivity contribution < 1.29 is 37.1 Å². The largest absolute Gasteiger partial charge is 0.493 e. The van der Waals surface area contributed by atoms with Crippen LogP contribution in [0, 0.1) is 6.92 Å². The molecule has 0 fully saturated rings. The first-order valence-electron chi connectivity index (χ1n) is 13.9. The molecule has 0 spiro atoms. The van der Waals surface area contributed by atoms with Crippen LogP contribution in [0.25, 0.3) is 0 Å². The first kappa shape index (κ1) is 8.00. The lowest BCUT2D eigenvalue weighted by Crippen LogP contribution is -2.17. The Hall–Kier alpha value is -2.20. The predicted octanol–water partition coefficient (Wildman–Crippen LogP) is 4.16. The summed E-state index contributed by atoms with van der Waals surface area (Å²) in [5, 5.41) is 10.5. The van der Waals surface area contributed by atoms with Gasteiger partial charge in [-0.2, -0.15) is 0 Å². The summed E-state index contributed by atoms with van der Waals surface area (Å²) in [6.07, 6.45) is -9.64. The smallest absolute Gasteiger partial charge is 0.160 e. The maximum absolute atomic E-state index is 10.5. The summed E-state index contributed by atoms with van der Waals surface area (Å²) in [6.45, 7) is -1.69. The Morgan fingerprint density at radius 3 is 2.68 bits per heavy atom. The average molecular weight is 358 g/mol. The number of benzene rings is 2. The highest BCUT2D eigenvalue weighted by Gasteiger charge is 2.07. The monoisotopic (exact) mass is 357 g/mol. The van der Waals surface area contributed by atoms with E-state index in [-0.39, 0.29) is 17.1 Å². The number of ether oxygens (including phenoxy) is 3. The molecule has 0 saturated heterocycles. The zero-order valence-corrected chi connectivity index (χ0v) is 14.2. The molecule has 4 nitrogen and oxygen atoms in total. The molecule has 0 amide bonds. The van der Waals surface area contributed by atoms with Crippen LogP contribution in [0.5, 0.6) is 17.2 Å². The Balaban J connectivity index is 2.38. The van der Waals surface area contributed by atoms with Crippen LogP contribution < -0.4 is 14.2 Å². The van der Waals surface area contributed by atoms with Crippen molar-refractivity contribution in [2.24, 2.45) is 0 Å². The first-order chi connectivity index (χ1) is 17.3. The molecule has 0 aliphatic carbocycles. The molecule has 2 rings (SSSR count). The van der Waals surface area contributed by atoms with E-state index in [9.17, 15) is 5.11 Å². The highest BCUT2D eigenvalue weighted by Crippen LogP contribution is 2.28. The van der Waals surface area contributed by atoms with Crippen molar-refractivity contribution >= 4 is 0 Å². The van der Waals surface area contributed by atoms with Crippen LogP contribution in [0.4, 0.5) is 0 Å². The maximum Gasteiger partial charge on any atom is 0.160 e. The van der Waals surface area contributed by atoms with Gasteiger partial charge in [0.25, 0.3) is 0 Å². The molecule has 0 heterocycles. The Morgan fingerprint density at radius 2 is 1.92 bits per heavy atom. The van der Waals surface area contributed by atoms with Gasteiger partial charge in [-0.15, -0.1) is 0 Å². The Bertz CT molecular complexity index is 1190. The van der Waals surface area contributed by atoms with Crippen molar-refractivity contribution in [2.75, 3.05) is 20.8 Å². The molecule has 2 aromatic rings. The zero-order valence-electron chi connectivity index (χ0n) is 27.2. The van der Waals surface area contributed by atoms with Gasteiger partial charge >= 0.3 is 0 Å². The van der Waals surface area contributed by atoms with Gasteiger partial charge in [0.1, 0.15) is 12.3 Å². The molecule has 136 valence electrons. The number of aliphatic hydroxyl groups excluding tert-OH is 1. The van der Waals surface area contributed by atoms with Crippen molar-refractivity contribution in [3.63, 3.8) is 0 Å². The Kier molecular flexibility index (Phi) is 3.18. The summed E-state index contributed by atoms with van der Waals surface area (Å²) in [5.41, 5.74) is -0.831. The fraction of sp³-hybridized carbons (Fsp3) is 0.429. The number of methoxy groups -OCH3 is 2. The van der Waals surface area contributed by atoms with Gasteiger partial charge in [0.05, 0.1) is 32.7 Å². The lowest BCUT2D eigenvalue weighted by molar-refractivity contribution is 0.0976. The second-order valence-corrected chi connectivity index (χ2v) is 4.85. The number of hydrogen-bond acceptors (Lipinski definition) is 4. The molecule has 0 aliphatic rings. The van der Waals surface area contributed by atoms with E-state index in [1.54, 1.807) is 0 Å². The standard InChI is InChI=1S/C21H28O4/c1-16-7-6-10-19(13-16)25-15-18(22)9-5-4-8-17-11-12-20(23-2)21(14-17)24-3/h6-7,10-14,18,22H,4-5,8-9,15H2,1-3H3/i4D2,6D,7D,8D2,10D,11D,12D,13D,14D,15D2. The van der Waals surface area contributed by atoms with Crippen molar-refractivity contribution in [1.29, 1.82) is 0 Å². The van der Waals surface area contributed by atoms with Crippen molar-refractivity contribution in [3.8, 4) is 17.2 Å². The van der Waals surface area contributed by atoms with E-state index in [4.69, 9.17) is 32.0 Å². The van der Waals surface area contributed by atoms with Crippen LogP contribution >= 0.6 is 0 Å². The van der Waals surface area contributed by atoms with Gasteiger partial charge < -0.3 is 19.3 Å². The molecule has 25 heavy (non-hydrogen) atoms. The van der Waals surface area contributed by atoms with E-state index in [0.717, 1.165) is 7.11 Å². The molecule has 0 radical (unpaired) electrons. The van der Waals surface area contributed by atoms with Crippen molar-refractivity contribution in [1.82, 2.24) is 0 Å². The topological polar surface area (TPSA) is 47.9 Å². The summed E-state index contributed by atoms with van der Waals surface area (Å²) in [4.78, 5) is 0. The lowest BCUT2D eigenvalue weighted by atomic mass is 10.0. The van der Waals surface area contributed by atoms with Gasteiger partial charge in [0, 0.05) is 5.48 Å². The average Bonchev–Trinajstić information content (AvgIpc) is 2.84. The number of hydrogen-bond donors (Lipinski definition) is 1. The van der Waals surface area contributed by atoms with E-state index in [2.05, 4.69) is 0 Å². The number of aliphatic hydroxyl groups is 1. The van der Waals surface area contributed by atoms with Crippen LogP contribution in [0.2, 0.25) is 0 Å². The minimum absolute atomic E-state index is 0.0445. The second-order valence-electron chi connectivity index (χ2n) is 4.85. The number of rotatable bonds is 10. The molecule has 1 N–H and O–H groups in total. The van der Waals surface area contributed by atoms with Gasteiger partial charge in [-0.1, -0.05) is 24.5 Å². The molecule has 0 aliphatic heterocycles. The molecule has 2 aromatic carbocycles. The van der Waals surface area contributed by atoms with Gasteiger partial charge in [0.15, 0.2) is 11.5 Å². The third-order valence-corrected chi connectivity index (χ3v) is 2.93. The van der Waals surface area contributed by atoms with E-state index in [1.165, 1.54) is 14.0 Å². The van der Waals surface area contributed by atoms with Gasteiger partial charge in [0.2, 0.25) is 0 Å². The summed E-state index contributed by atoms with van der Waals surface area (Å²) in [5.74, 6) is -1.35. The van der Waals surface area contributed by atoms with Crippen LogP contribution in [0.15, 0.2) is 42.3 Å². The second kappa shape index (κ2) is 9.94. The van der Waals surface area contributed by atoms with Gasteiger partial charge in [-0.3, -0.25) is 0 Å². The van der Waals surface area contributed by atoms with E-state index >= 15 is 0 Å².